The number of hydrogen-bond donors (Lipinski definition) is 1. The number of aromatic nitrogens is 1. The Morgan fingerprint density at radius 1 is 1.43 bits per heavy atom. The number of rotatable bonds is 3. The number of hydrogen-bond acceptors (Lipinski definition) is 5. The van der Waals surface area contributed by atoms with Crippen molar-refractivity contribution in [2.24, 2.45) is 0 Å². The second-order valence-electron chi connectivity index (χ2n) is 4.90. The highest BCUT2D eigenvalue weighted by Crippen LogP contribution is 2.26. The molecular weight excluding hydrogens is 292 g/mol. The smallest absolute Gasteiger partial charge is 0.326 e. The summed E-state index contributed by atoms with van der Waals surface area (Å²) in [5.41, 5.74) is 1.11. The van der Waals surface area contributed by atoms with Gasteiger partial charge < -0.3 is 14.4 Å². The van der Waals surface area contributed by atoms with E-state index in [1.807, 2.05) is 0 Å². The molecule has 0 saturated carbocycles. The number of carboxylic acid groups (broad SMARTS) is 1. The standard InChI is InChI=1S/C14H14N2O4S/c17-13(16-5-2-1-3-11(16)14(18)19)10-8-21-12(15-10)9-4-6-20-7-9/h4,6-8,11H,1-3,5H2,(H,18,19)/t11-/m0/s1. The first-order chi connectivity index (χ1) is 10.2. The normalized spacial score (nSPS) is 18.7. The Kier molecular flexibility index (Phi) is 3.74. The van der Waals surface area contributed by atoms with Gasteiger partial charge in [-0.3, -0.25) is 4.79 Å². The Labute approximate surface area is 125 Å². The van der Waals surface area contributed by atoms with Gasteiger partial charge in [-0.1, -0.05) is 0 Å². The third-order valence-corrected chi connectivity index (χ3v) is 4.43. The van der Waals surface area contributed by atoms with Crippen LogP contribution < -0.4 is 0 Å². The quantitative estimate of drug-likeness (QED) is 0.941. The minimum atomic E-state index is -0.951. The molecule has 0 bridgehead atoms. The highest BCUT2D eigenvalue weighted by molar-refractivity contribution is 7.13. The number of thiazole rings is 1. The molecule has 0 unspecified atom stereocenters. The maximum Gasteiger partial charge on any atom is 0.326 e. The summed E-state index contributed by atoms with van der Waals surface area (Å²) in [7, 11) is 0. The molecule has 3 heterocycles. The van der Waals surface area contributed by atoms with Crippen LogP contribution in [0.1, 0.15) is 29.8 Å². The molecule has 1 amide bonds. The van der Waals surface area contributed by atoms with E-state index in [0.717, 1.165) is 18.4 Å². The van der Waals surface area contributed by atoms with Crippen LogP contribution in [0.4, 0.5) is 0 Å². The number of amides is 1. The van der Waals surface area contributed by atoms with E-state index in [2.05, 4.69) is 4.98 Å². The van der Waals surface area contributed by atoms with Crippen LogP contribution in [-0.2, 0) is 4.79 Å². The summed E-state index contributed by atoms with van der Waals surface area (Å²) in [6, 6.07) is 1.03. The molecule has 1 fully saturated rings. The summed E-state index contributed by atoms with van der Waals surface area (Å²) in [5, 5.41) is 11.6. The first-order valence-corrected chi connectivity index (χ1v) is 7.56. The Morgan fingerprint density at radius 3 is 3.00 bits per heavy atom. The van der Waals surface area contributed by atoms with E-state index >= 15 is 0 Å². The number of furan rings is 1. The Hall–Kier alpha value is -2.15. The topological polar surface area (TPSA) is 83.6 Å². The zero-order valence-electron chi connectivity index (χ0n) is 11.2. The molecule has 0 radical (unpaired) electrons. The second kappa shape index (κ2) is 5.69. The zero-order chi connectivity index (χ0) is 14.8. The lowest BCUT2D eigenvalue weighted by atomic mass is 10.0. The number of likely N-dealkylation sites (tertiary alicyclic amines) is 1. The Bertz CT molecular complexity index is 650. The second-order valence-corrected chi connectivity index (χ2v) is 5.76. The lowest BCUT2D eigenvalue weighted by Gasteiger charge is -2.32. The van der Waals surface area contributed by atoms with Crippen LogP contribution in [0.3, 0.4) is 0 Å². The van der Waals surface area contributed by atoms with Crippen molar-refractivity contribution in [2.45, 2.75) is 25.3 Å². The molecule has 21 heavy (non-hydrogen) atoms. The molecule has 2 aromatic heterocycles. The van der Waals surface area contributed by atoms with Crippen LogP contribution in [0.5, 0.6) is 0 Å². The predicted molar refractivity (Wildman–Crippen MR) is 76.1 cm³/mol. The van der Waals surface area contributed by atoms with Crippen molar-refractivity contribution in [1.29, 1.82) is 0 Å². The first kappa shape index (κ1) is 13.8. The molecular formula is C14H14N2O4S. The van der Waals surface area contributed by atoms with E-state index in [0.29, 0.717) is 23.7 Å². The molecule has 6 nitrogen and oxygen atoms in total. The van der Waals surface area contributed by atoms with Crippen molar-refractivity contribution in [3.63, 3.8) is 0 Å². The summed E-state index contributed by atoms with van der Waals surface area (Å²) >= 11 is 1.34. The van der Waals surface area contributed by atoms with E-state index in [9.17, 15) is 14.7 Å². The fourth-order valence-electron chi connectivity index (χ4n) is 2.47. The van der Waals surface area contributed by atoms with Gasteiger partial charge in [0.25, 0.3) is 5.91 Å². The lowest BCUT2D eigenvalue weighted by molar-refractivity contribution is -0.143. The first-order valence-electron chi connectivity index (χ1n) is 6.68. The maximum atomic E-state index is 12.5. The highest BCUT2D eigenvalue weighted by atomic mass is 32.1. The summed E-state index contributed by atoms with van der Waals surface area (Å²) in [5.74, 6) is -1.26. The van der Waals surface area contributed by atoms with Crippen LogP contribution >= 0.6 is 11.3 Å². The van der Waals surface area contributed by atoms with Gasteiger partial charge in [-0.2, -0.15) is 0 Å². The van der Waals surface area contributed by atoms with Crippen LogP contribution in [0.15, 0.2) is 28.4 Å². The number of nitrogens with zero attached hydrogens (tertiary/aromatic N) is 2. The SMILES string of the molecule is O=C(O)[C@@H]1CCCCN1C(=O)c1csc(-c2ccoc2)n1. The summed E-state index contributed by atoms with van der Waals surface area (Å²) in [4.78, 5) is 29.5. The number of aliphatic carboxylic acids is 1. The van der Waals surface area contributed by atoms with Gasteiger partial charge in [0.2, 0.25) is 0 Å². The fraction of sp³-hybridized carbons (Fsp3) is 0.357. The molecule has 1 aliphatic heterocycles. The van der Waals surface area contributed by atoms with Crippen molar-refractivity contribution in [2.75, 3.05) is 6.54 Å². The van der Waals surface area contributed by atoms with E-state index in [-0.39, 0.29) is 5.91 Å². The van der Waals surface area contributed by atoms with Gasteiger partial charge in [-0.15, -0.1) is 11.3 Å². The van der Waals surface area contributed by atoms with Crippen LogP contribution in [-0.4, -0.2) is 39.5 Å². The van der Waals surface area contributed by atoms with E-state index < -0.39 is 12.0 Å². The van der Waals surface area contributed by atoms with Gasteiger partial charge in [-0.25, -0.2) is 9.78 Å². The van der Waals surface area contributed by atoms with E-state index in [1.165, 1.54) is 16.2 Å². The van der Waals surface area contributed by atoms with Gasteiger partial charge >= 0.3 is 5.97 Å². The van der Waals surface area contributed by atoms with Gasteiger partial charge in [0.05, 0.1) is 6.26 Å². The number of carboxylic acids is 1. The molecule has 1 aliphatic rings. The Morgan fingerprint density at radius 2 is 2.29 bits per heavy atom. The third-order valence-electron chi connectivity index (χ3n) is 3.54. The third kappa shape index (κ3) is 2.69. The molecule has 110 valence electrons. The summed E-state index contributed by atoms with van der Waals surface area (Å²) in [6.07, 6.45) is 5.27. The van der Waals surface area contributed by atoms with E-state index in [1.54, 1.807) is 24.0 Å². The lowest BCUT2D eigenvalue weighted by Crippen LogP contribution is -2.48. The monoisotopic (exact) mass is 306 g/mol. The highest BCUT2D eigenvalue weighted by Gasteiger charge is 2.33. The van der Waals surface area contributed by atoms with Crippen molar-refractivity contribution >= 4 is 23.2 Å². The maximum absolute atomic E-state index is 12.5. The molecule has 1 saturated heterocycles. The van der Waals surface area contributed by atoms with Crippen LogP contribution in [0.25, 0.3) is 10.6 Å². The van der Waals surface area contributed by atoms with Gasteiger partial charge in [0.15, 0.2) is 0 Å². The molecule has 7 heteroatoms. The molecule has 1 N–H and O–H groups in total. The molecule has 0 aromatic carbocycles. The van der Waals surface area contributed by atoms with Gasteiger partial charge in [0, 0.05) is 17.5 Å². The largest absolute Gasteiger partial charge is 0.480 e. The number of carbonyl (C=O) groups is 2. The number of carbonyl (C=O) groups excluding carboxylic acids is 1. The molecule has 3 rings (SSSR count). The molecule has 0 aliphatic carbocycles. The van der Waals surface area contributed by atoms with Gasteiger partial charge in [0.1, 0.15) is 23.0 Å². The van der Waals surface area contributed by atoms with Crippen molar-refractivity contribution in [3.05, 3.63) is 29.7 Å². The zero-order valence-corrected chi connectivity index (χ0v) is 12.0. The average molecular weight is 306 g/mol. The number of piperidine rings is 1. The van der Waals surface area contributed by atoms with Crippen LogP contribution in [0, 0.1) is 0 Å². The molecule has 2 aromatic rings. The predicted octanol–water partition coefficient (Wildman–Crippen LogP) is 2.48. The average Bonchev–Trinajstić information content (AvgIpc) is 3.17. The van der Waals surface area contributed by atoms with E-state index in [4.69, 9.17) is 4.42 Å². The minimum Gasteiger partial charge on any atom is -0.480 e. The molecule has 0 spiro atoms. The van der Waals surface area contributed by atoms with Gasteiger partial charge in [-0.05, 0) is 25.3 Å². The minimum absolute atomic E-state index is 0.296. The van der Waals surface area contributed by atoms with Crippen molar-refractivity contribution in [1.82, 2.24) is 9.88 Å². The fourth-order valence-corrected chi connectivity index (χ4v) is 3.25. The van der Waals surface area contributed by atoms with Crippen molar-refractivity contribution < 1.29 is 19.1 Å². The molecule has 1 atom stereocenters. The summed E-state index contributed by atoms with van der Waals surface area (Å²) in [6.45, 7) is 0.467. The van der Waals surface area contributed by atoms with Crippen LogP contribution in [0.2, 0.25) is 0 Å². The Balaban J connectivity index is 1.83. The summed E-state index contributed by atoms with van der Waals surface area (Å²) < 4.78 is 5.00. The van der Waals surface area contributed by atoms with Crippen molar-refractivity contribution in [3.8, 4) is 10.6 Å².